The Morgan fingerprint density at radius 1 is 0.829 bits per heavy atom. The van der Waals surface area contributed by atoms with Crippen molar-refractivity contribution in [3.8, 4) is 0 Å². The first-order valence-corrected chi connectivity index (χ1v) is 14.0. The average Bonchev–Trinajstić information content (AvgIpc) is 2.91. The van der Waals surface area contributed by atoms with Crippen molar-refractivity contribution in [1.29, 1.82) is 0 Å². The van der Waals surface area contributed by atoms with Crippen LogP contribution >= 0.6 is 12.2 Å². The van der Waals surface area contributed by atoms with Crippen LogP contribution in [0.1, 0.15) is 64.1 Å². The second kappa shape index (κ2) is 11.2. The molecule has 218 valence electrons. The molecule has 0 fully saturated rings. The molecule has 0 unspecified atom stereocenters. The summed E-state index contributed by atoms with van der Waals surface area (Å²) in [6.45, 7) is 0. The first-order chi connectivity index (χ1) is 19.3. The number of anilines is 2. The summed E-state index contributed by atoms with van der Waals surface area (Å²) in [6, 6.07) is 13.7. The number of benzene rings is 3. The van der Waals surface area contributed by atoms with Gasteiger partial charge in [0.15, 0.2) is 5.11 Å². The third-order valence-corrected chi connectivity index (χ3v) is 8.25. The van der Waals surface area contributed by atoms with Gasteiger partial charge in [0.25, 0.3) is 0 Å². The van der Waals surface area contributed by atoms with Crippen molar-refractivity contribution in [3.63, 3.8) is 0 Å². The van der Waals surface area contributed by atoms with Crippen molar-refractivity contribution in [2.24, 2.45) is 0 Å². The Labute approximate surface area is 240 Å². The number of aryl methyl sites for hydroxylation is 2. The maximum absolute atomic E-state index is 13.4. The Balaban J connectivity index is 1.52. The van der Waals surface area contributed by atoms with E-state index in [4.69, 9.17) is 12.2 Å². The van der Waals surface area contributed by atoms with Gasteiger partial charge in [-0.05, 0) is 103 Å². The Morgan fingerprint density at radius 3 is 2.15 bits per heavy atom. The lowest BCUT2D eigenvalue weighted by molar-refractivity contribution is -0.143. The number of fused-ring (bicyclic) bond motifs is 2. The first kappa shape index (κ1) is 29.2. The van der Waals surface area contributed by atoms with Gasteiger partial charge < -0.3 is 15.5 Å². The second-order valence-electron chi connectivity index (χ2n) is 11.0. The summed E-state index contributed by atoms with van der Waals surface area (Å²) < 4.78 is 80.5. The molecule has 2 aliphatic rings. The highest BCUT2D eigenvalue weighted by molar-refractivity contribution is 7.80. The fourth-order valence-corrected chi connectivity index (χ4v) is 6.48. The molecule has 0 aromatic heterocycles. The maximum atomic E-state index is 13.4. The molecule has 41 heavy (non-hydrogen) atoms. The van der Waals surface area contributed by atoms with E-state index in [-0.39, 0.29) is 28.8 Å². The summed E-state index contributed by atoms with van der Waals surface area (Å²) in [7, 11) is 4.01. The van der Waals surface area contributed by atoms with Gasteiger partial charge in [0.05, 0.1) is 11.1 Å². The van der Waals surface area contributed by atoms with Gasteiger partial charge in [-0.25, -0.2) is 0 Å². The number of nitrogens with one attached hydrogen (secondary N) is 2. The van der Waals surface area contributed by atoms with E-state index in [0.717, 1.165) is 43.4 Å². The van der Waals surface area contributed by atoms with Crippen LogP contribution in [0, 0.1) is 0 Å². The van der Waals surface area contributed by atoms with Gasteiger partial charge in [-0.2, -0.15) is 26.3 Å². The minimum absolute atomic E-state index is 0.0250. The zero-order valence-corrected chi connectivity index (χ0v) is 23.5. The minimum Gasteiger partial charge on any atom is -0.377 e. The Morgan fingerprint density at radius 2 is 1.49 bits per heavy atom. The van der Waals surface area contributed by atoms with E-state index in [1.165, 1.54) is 22.3 Å². The van der Waals surface area contributed by atoms with Crippen LogP contribution in [-0.2, 0) is 31.6 Å². The summed E-state index contributed by atoms with van der Waals surface area (Å²) in [5.41, 5.74) is 4.15. The molecule has 2 atom stereocenters. The van der Waals surface area contributed by atoms with Crippen LogP contribution in [0.2, 0.25) is 0 Å². The largest absolute Gasteiger partial charge is 0.416 e. The highest BCUT2D eigenvalue weighted by Crippen LogP contribution is 2.45. The van der Waals surface area contributed by atoms with Crippen LogP contribution < -0.4 is 15.5 Å². The molecule has 2 N–H and O–H groups in total. The number of alkyl halides is 6. The number of nitrogens with zero attached hydrogens (tertiary/aromatic N) is 1. The first-order valence-electron chi connectivity index (χ1n) is 13.6. The lowest BCUT2D eigenvalue weighted by atomic mass is 9.71. The van der Waals surface area contributed by atoms with E-state index in [9.17, 15) is 26.3 Å². The number of halogens is 6. The minimum atomic E-state index is -4.94. The topological polar surface area (TPSA) is 27.3 Å². The summed E-state index contributed by atoms with van der Waals surface area (Å²) in [5, 5.41) is 5.88. The molecule has 3 aromatic rings. The molecule has 0 bridgehead atoms. The Hall–Kier alpha value is -3.27. The normalized spacial score (nSPS) is 18.7. The van der Waals surface area contributed by atoms with Crippen LogP contribution in [0.15, 0.2) is 54.6 Å². The molecule has 5 rings (SSSR count). The van der Waals surface area contributed by atoms with Gasteiger partial charge in [0.1, 0.15) is 0 Å². The second-order valence-corrected chi connectivity index (χ2v) is 11.4. The maximum Gasteiger partial charge on any atom is 0.416 e. The highest BCUT2D eigenvalue weighted by Gasteiger charge is 2.38. The van der Waals surface area contributed by atoms with Crippen molar-refractivity contribution < 1.29 is 26.3 Å². The fraction of sp³-hybridized carbons (Fsp3) is 0.387. The van der Waals surface area contributed by atoms with Crippen LogP contribution in [0.5, 0.6) is 0 Å². The standard InChI is InChI=1S/C31H31F6N3S/c1-40(2)26-14-12-19-8-4-6-10-24(19)28(26)27-23-9-5-3-7-18(23)11-13-25(27)39-29(41)38-22-16-20(30(32,33)34)15-21(17-22)31(35,36)37/h3,5,7,9,12,14-17,25,27H,4,6,8,10-11,13H2,1-2H3,(H2,38,39,41)/t25-,27+/m1/s1. The molecule has 0 saturated carbocycles. The highest BCUT2D eigenvalue weighted by atomic mass is 32.1. The van der Waals surface area contributed by atoms with Crippen molar-refractivity contribution >= 4 is 28.7 Å². The van der Waals surface area contributed by atoms with Gasteiger partial charge in [0, 0.05) is 37.4 Å². The monoisotopic (exact) mass is 591 g/mol. The fourth-order valence-electron chi connectivity index (χ4n) is 6.22. The van der Waals surface area contributed by atoms with E-state index < -0.39 is 23.5 Å². The molecule has 2 aliphatic carbocycles. The molecule has 0 amide bonds. The average molecular weight is 592 g/mol. The number of thiocarbonyl (C=S) groups is 1. The number of hydrogen-bond acceptors (Lipinski definition) is 2. The van der Waals surface area contributed by atoms with Crippen LogP contribution in [-0.4, -0.2) is 25.2 Å². The summed E-state index contributed by atoms with van der Waals surface area (Å²) >= 11 is 5.50. The molecule has 0 radical (unpaired) electrons. The summed E-state index contributed by atoms with van der Waals surface area (Å²) in [5.74, 6) is -0.114. The van der Waals surface area contributed by atoms with E-state index in [1.54, 1.807) is 0 Å². The van der Waals surface area contributed by atoms with Gasteiger partial charge in [-0.1, -0.05) is 30.3 Å². The smallest absolute Gasteiger partial charge is 0.377 e. The van der Waals surface area contributed by atoms with Gasteiger partial charge >= 0.3 is 12.4 Å². The molecule has 0 heterocycles. The van der Waals surface area contributed by atoms with Crippen LogP contribution in [0.3, 0.4) is 0 Å². The van der Waals surface area contributed by atoms with Crippen molar-refractivity contribution in [3.05, 3.63) is 93.5 Å². The van der Waals surface area contributed by atoms with Crippen molar-refractivity contribution in [2.45, 2.75) is 62.8 Å². The zero-order chi connectivity index (χ0) is 29.5. The Kier molecular flexibility index (Phi) is 7.98. The molecule has 0 spiro atoms. The lowest BCUT2D eigenvalue weighted by Crippen LogP contribution is -2.44. The lowest BCUT2D eigenvalue weighted by Gasteiger charge is -2.39. The summed E-state index contributed by atoms with van der Waals surface area (Å²) in [6.07, 6.45) is -4.27. The molecule has 0 aliphatic heterocycles. The predicted octanol–water partition coefficient (Wildman–Crippen LogP) is 8.10. The predicted molar refractivity (Wildman–Crippen MR) is 154 cm³/mol. The quantitative estimate of drug-likeness (QED) is 0.237. The van der Waals surface area contributed by atoms with E-state index in [1.807, 2.05) is 26.2 Å². The molecule has 10 heteroatoms. The van der Waals surface area contributed by atoms with E-state index >= 15 is 0 Å². The molecular weight excluding hydrogens is 560 g/mol. The zero-order valence-electron chi connectivity index (χ0n) is 22.7. The SMILES string of the molecule is CN(C)c1ccc2c(c1[C@H]1c3ccccc3CC[C@H]1NC(=S)Nc1cc(C(F)(F)F)cc(C(F)(F)F)c1)CCCC2. The van der Waals surface area contributed by atoms with E-state index in [2.05, 4.69) is 39.8 Å². The third-order valence-electron chi connectivity index (χ3n) is 8.03. The molecular formula is C31H31F6N3S. The van der Waals surface area contributed by atoms with E-state index in [0.29, 0.717) is 18.6 Å². The van der Waals surface area contributed by atoms with Crippen LogP contribution in [0.25, 0.3) is 0 Å². The van der Waals surface area contributed by atoms with Crippen molar-refractivity contribution in [2.75, 3.05) is 24.3 Å². The van der Waals surface area contributed by atoms with Crippen molar-refractivity contribution in [1.82, 2.24) is 5.32 Å². The van der Waals surface area contributed by atoms with Gasteiger partial charge in [-0.15, -0.1) is 0 Å². The molecule has 0 saturated heterocycles. The number of rotatable bonds is 4. The summed E-state index contributed by atoms with van der Waals surface area (Å²) in [4.78, 5) is 2.09. The molecule has 3 nitrogen and oxygen atoms in total. The number of hydrogen-bond donors (Lipinski definition) is 2. The third kappa shape index (κ3) is 6.17. The van der Waals surface area contributed by atoms with Gasteiger partial charge in [0.2, 0.25) is 0 Å². The van der Waals surface area contributed by atoms with Gasteiger partial charge in [-0.3, -0.25) is 0 Å². The van der Waals surface area contributed by atoms with Crippen LogP contribution in [0.4, 0.5) is 37.7 Å². The molecule has 3 aromatic carbocycles. The Bertz CT molecular complexity index is 1410.